The summed E-state index contributed by atoms with van der Waals surface area (Å²) in [5, 5.41) is 48.8. The average Bonchev–Trinajstić information content (AvgIpc) is 2.97. The Balaban J connectivity index is -0.000000150. The van der Waals surface area contributed by atoms with Crippen molar-refractivity contribution in [3.8, 4) is 0 Å². The minimum atomic E-state index is -0.981. The van der Waals surface area contributed by atoms with E-state index in [1.165, 1.54) is 0 Å². The highest BCUT2D eigenvalue weighted by molar-refractivity contribution is 5.81. The number of hydrogen-bond donors (Lipinski definition) is 6. The second kappa shape index (κ2) is 32.1. The van der Waals surface area contributed by atoms with Crippen molar-refractivity contribution in [2.24, 2.45) is 5.41 Å². The van der Waals surface area contributed by atoms with Crippen molar-refractivity contribution in [3.05, 3.63) is 63.3 Å². The van der Waals surface area contributed by atoms with E-state index in [0.29, 0.717) is 6.42 Å². The maximum atomic E-state index is 10.8. The van der Waals surface area contributed by atoms with Crippen molar-refractivity contribution in [3.63, 3.8) is 0 Å². The molecule has 236 valence electrons. The average molecular weight is 593 g/mol. The number of hydrogen-bond acceptors (Lipinski definition) is 11. The molecule has 14 nitrogen and oxygen atoms in total. The molecular weight excluding hydrogens is 548 g/mol. The molecule has 0 amide bonds. The molecule has 0 aliphatic carbocycles. The minimum absolute atomic E-state index is 0.132. The lowest BCUT2D eigenvalue weighted by atomic mass is 9.88. The van der Waals surface area contributed by atoms with Crippen LogP contribution < -0.4 is 0 Å². The van der Waals surface area contributed by atoms with Crippen LogP contribution in [0.1, 0.15) is 27.2 Å². The molecule has 0 fully saturated rings. The van der Waals surface area contributed by atoms with E-state index < -0.39 is 35.3 Å². The van der Waals surface area contributed by atoms with Gasteiger partial charge in [0.15, 0.2) is 0 Å². The number of aliphatic carboxylic acids is 3. The summed E-state index contributed by atoms with van der Waals surface area (Å²) in [6.07, 6.45) is 4.62. The van der Waals surface area contributed by atoms with Crippen LogP contribution in [-0.2, 0) is 38.2 Å². The summed E-state index contributed by atoms with van der Waals surface area (Å²) in [5.41, 5.74) is -0.667. The second-order valence-corrected chi connectivity index (χ2v) is 7.38. The molecule has 14 heteroatoms. The number of carboxylic acid groups (broad SMARTS) is 3. The predicted molar refractivity (Wildman–Crippen MR) is 150 cm³/mol. The number of carbonyl (C=O) groups excluding carboxylic acids is 2. The molecule has 0 aromatic carbocycles. The monoisotopic (exact) mass is 592 g/mol. The number of esters is 2. The number of aliphatic hydroxyl groups excluding tert-OH is 3. The number of rotatable bonds is 15. The Kier molecular flexibility index (Phi) is 36.6. The first-order valence-corrected chi connectivity index (χ1v) is 11.7. The third-order valence-corrected chi connectivity index (χ3v) is 4.01. The van der Waals surface area contributed by atoms with Crippen molar-refractivity contribution >= 4 is 29.8 Å². The van der Waals surface area contributed by atoms with E-state index in [1.807, 2.05) is 6.92 Å². The zero-order valence-electron chi connectivity index (χ0n) is 23.8. The van der Waals surface area contributed by atoms with Crippen molar-refractivity contribution in [2.45, 2.75) is 39.4 Å². The van der Waals surface area contributed by atoms with E-state index in [-0.39, 0.29) is 45.2 Å². The molecule has 0 radical (unpaired) electrons. The van der Waals surface area contributed by atoms with Crippen molar-refractivity contribution < 1.29 is 68.8 Å². The van der Waals surface area contributed by atoms with Gasteiger partial charge < -0.3 is 44.8 Å². The summed E-state index contributed by atoms with van der Waals surface area (Å²) in [7, 11) is 0. The molecule has 0 bridgehead atoms. The molecule has 6 N–H and O–H groups in total. The third kappa shape index (κ3) is 40.5. The van der Waals surface area contributed by atoms with Crippen LogP contribution in [0.2, 0.25) is 0 Å². The normalized spacial score (nSPS) is 10.5. The van der Waals surface area contributed by atoms with Crippen LogP contribution in [0, 0.1) is 5.41 Å². The highest BCUT2D eigenvalue weighted by atomic mass is 16.6. The predicted octanol–water partition coefficient (Wildman–Crippen LogP) is 1.37. The van der Waals surface area contributed by atoms with E-state index >= 15 is 0 Å². The molecule has 2 atom stereocenters. The Labute approximate surface area is 240 Å². The fraction of sp³-hybridized carbons (Fsp3) is 0.444. The van der Waals surface area contributed by atoms with Crippen LogP contribution >= 0.6 is 0 Å². The van der Waals surface area contributed by atoms with Gasteiger partial charge in [-0.05, 0) is 20.3 Å². The maximum absolute atomic E-state index is 10.8. The molecule has 0 rings (SSSR count). The highest BCUT2D eigenvalue weighted by Gasteiger charge is 2.24. The zero-order valence-corrected chi connectivity index (χ0v) is 23.8. The largest absolute Gasteiger partial charge is 0.478 e. The van der Waals surface area contributed by atoms with Gasteiger partial charge in [-0.25, -0.2) is 24.0 Å². The quantitative estimate of drug-likeness (QED) is 0.116. The molecule has 0 aliphatic rings. The first kappa shape index (κ1) is 46.7. The van der Waals surface area contributed by atoms with Gasteiger partial charge in [-0.1, -0.05) is 39.8 Å². The highest BCUT2D eigenvalue weighted by Crippen LogP contribution is 2.18. The third-order valence-electron chi connectivity index (χ3n) is 4.01. The van der Waals surface area contributed by atoms with E-state index in [2.05, 4.69) is 32.9 Å². The molecular formula is C27H44O14. The van der Waals surface area contributed by atoms with E-state index in [9.17, 15) is 24.0 Å². The summed E-state index contributed by atoms with van der Waals surface area (Å²) in [6, 6.07) is 0. The van der Waals surface area contributed by atoms with Gasteiger partial charge in [0.2, 0.25) is 0 Å². The number of aliphatic hydroxyl groups is 3. The van der Waals surface area contributed by atoms with E-state index in [4.69, 9.17) is 44.8 Å². The number of ether oxygens (including phenoxy) is 3. The molecule has 41 heavy (non-hydrogen) atoms. The summed E-state index contributed by atoms with van der Waals surface area (Å²) in [6.45, 7) is 20.6. The zero-order chi connectivity index (χ0) is 33.4. The summed E-state index contributed by atoms with van der Waals surface area (Å²) in [4.78, 5) is 49.4. The van der Waals surface area contributed by atoms with Gasteiger partial charge in [0.1, 0.15) is 12.7 Å². The Bertz CT molecular complexity index is 740. The molecule has 2 unspecified atom stereocenters. The first-order valence-electron chi connectivity index (χ1n) is 11.7. The second-order valence-electron chi connectivity index (χ2n) is 7.38. The van der Waals surface area contributed by atoms with Gasteiger partial charge in [0.05, 0.1) is 32.5 Å². The van der Waals surface area contributed by atoms with Crippen LogP contribution in [0.3, 0.4) is 0 Å². The smallest absolute Gasteiger partial charge is 0.330 e. The van der Waals surface area contributed by atoms with Crippen molar-refractivity contribution in [1.29, 1.82) is 0 Å². The SMILES string of the molecule is C=CC(=O)O.C=CC(=O)O.C=CC(=O)O.C=CC(=O)OCC(C)OCC(C)OC(=O)C=C.CCC(CO)(CO)CO. The van der Waals surface area contributed by atoms with Crippen LogP contribution in [0.5, 0.6) is 0 Å². The lowest BCUT2D eigenvalue weighted by Crippen LogP contribution is -2.32. The van der Waals surface area contributed by atoms with Crippen LogP contribution in [-0.4, -0.2) is 106 Å². The molecule has 0 aromatic heterocycles. The van der Waals surface area contributed by atoms with Gasteiger partial charge in [-0.2, -0.15) is 0 Å². The summed E-state index contributed by atoms with van der Waals surface area (Å²) < 4.78 is 15.0. The fourth-order valence-corrected chi connectivity index (χ4v) is 1.37. The lowest BCUT2D eigenvalue weighted by Gasteiger charge is -2.24. The van der Waals surface area contributed by atoms with Gasteiger partial charge >= 0.3 is 29.8 Å². The van der Waals surface area contributed by atoms with Crippen molar-refractivity contribution in [2.75, 3.05) is 33.0 Å². The molecule has 0 heterocycles. The molecule has 0 saturated carbocycles. The molecule has 0 aliphatic heterocycles. The molecule has 0 saturated heterocycles. The Morgan fingerprint density at radius 2 is 1.00 bits per heavy atom. The lowest BCUT2D eigenvalue weighted by molar-refractivity contribution is -0.148. The van der Waals surface area contributed by atoms with Crippen LogP contribution in [0.4, 0.5) is 0 Å². The van der Waals surface area contributed by atoms with Crippen LogP contribution in [0.25, 0.3) is 0 Å². The standard InChI is InChI=1S/C12H18O5.C6H14O3.3C3H4O2/c1-5-11(13)16-7-9(3)15-8-10(4)17-12(14)6-2;1-2-6(3-7,4-8)5-9;3*1-2-3(4)5/h5-6,9-10H,1-2,7-8H2,3-4H3;7-9H,2-5H2,1H3;3*2H,1H2,(H,4,5). The Morgan fingerprint density at radius 1 is 0.659 bits per heavy atom. The van der Waals surface area contributed by atoms with E-state index in [1.54, 1.807) is 13.8 Å². The van der Waals surface area contributed by atoms with Crippen LogP contribution in [0.15, 0.2) is 63.3 Å². The fourth-order valence-electron chi connectivity index (χ4n) is 1.37. The molecule has 0 aromatic rings. The Morgan fingerprint density at radius 3 is 1.22 bits per heavy atom. The number of carboxylic acids is 3. The van der Waals surface area contributed by atoms with Gasteiger partial charge in [-0.15, -0.1) is 0 Å². The summed E-state index contributed by atoms with van der Waals surface area (Å²) >= 11 is 0. The van der Waals surface area contributed by atoms with Gasteiger partial charge in [-0.3, -0.25) is 0 Å². The van der Waals surface area contributed by atoms with Gasteiger partial charge in [0.25, 0.3) is 0 Å². The summed E-state index contributed by atoms with van der Waals surface area (Å²) in [5.74, 6) is -3.93. The van der Waals surface area contributed by atoms with E-state index in [0.717, 1.165) is 30.4 Å². The Hall–Kier alpha value is -4.11. The number of carbonyl (C=O) groups is 5. The topological polar surface area (TPSA) is 234 Å². The maximum Gasteiger partial charge on any atom is 0.330 e. The van der Waals surface area contributed by atoms with Crippen molar-refractivity contribution in [1.82, 2.24) is 0 Å². The first-order chi connectivity index (χ1) is 19.0. The molecule has 0 spiro atoms. The minimum Gasteiger partial charge on any atom is -0.478 e. The van der Waals surface area contributed by atoms with Gasteiger partial charge in [0, 0.05) is 35.8 Å².